The van der Waals surface area contributed by atoms with Gasteiger partial charge in [-0.2, -0.15) is 0 Å². The van der Waals surface area contributed by atoms with Crippen molar-refractivity contribution in [1.82, 2.24) is 10.3 Å². The molecule has 0 radical (unpaired) electrons. The molecule has 1 heterocycles. The van der Waals surface area contributed by atoms with Gasteiger partial charge in [0.15, 0.2) is 0 Å². The summed E-state index contributed by atoms with van der Waals surface area (Å²) in [6, 6.07) is 3.15. The Balaban J connectivity index is 2.81. The van der Waals surface area contributed by atoms with E-state index in [1.54, 1.807) is 12.1 Å². The van der Waals surface area contributed by atoms with Crippen molar-refractivity contribution >= 4 is 11.9 Å². The first-order valence-corrected chi connectivity index (χ1v) is 6.97. The Morgan fingerprint density at radius 2 is 2.10 bits per heavy atom. The van der Waals surface area contributed by atoms with Gasteiger partial charge >= 0.3 is 5.97 Å². The van der Waals surface area contributed by atoms with Crippen molar-refractivity contribution in [3.63, 3.8) is 0 Å². The van der Waals surface area contributed by atoms with E-state index in [0.29, 0.717) is 24.3 Å². The monoisotopic (exact) mass is 294 g/mol. The van der Waals surface area contributed by atoms with Crippen LogP contribution in [0.5, 0.6) is 5.88 Å². The summed E-state index contributed by atoms with van der Waals surface area (Å²) in [5, 5.41) is 11.8. The summed E-state index contributed by atoms with van der Waals surface area (Å²) in [7, 11) is 0. The van der Waals surface area contributed by atoms with E-state index < -0.39 is 17.4 Å². The number of carboxylic acids is 1. The summed E-state index contributed by atoms with van der Waals surface area (Å²) < 4.78 is 5.39. The van der Waals surface area contributed by atoms with Gasteiger partial charge in [-0.15, -0.1) is 0 Å². The van der Waals surface area contributed by atoms with Crippen LogP contribution < -0.4 is 10.1 Å². The first-order chi connectivity index (χ1) is 9.78. The summed E-state index contributed by atoms with van der Waals surface area (Å²) in [5.74, 6) is -1.08. The van der Waals surface area contributed by atoms with Crippen LogP contribution in [-0.2, 0) is 4.79 Å². The zero-order valence-corrected chi connectivity index (χ0v) is 12.8. The molecule has 0 aliphatic carbocycles. The summed E-state index contributed by atoms with van der Waals surface area (Å²) in [4.78, 5) is 27.5. The van der Waals surface area contributed by atoms with E-state index in [0.717, 1.165) is 0 Å². The number of hydrogen-bond acceptors (Lipinski definition) is 4. The van der Waals surface area contributed by atoms with Crippen molar-refractivity contribution in [3.05, 3.63) is 23.9 Å². The molecule has 0 spiro atoms. The third-order valence-corrected chi connectivity index (χ3v) is 2.97. The van der Waals surface area contributed by atoms with Crippen LogP contribution in [0.3, 0.4) is 0 Å². The number of aliphatic carboxylic acids is 1. The van der Waals surface area contributed by atoms with E-state index in [-0.39, 0.29) is 6.10 Å². The highest BCUT2D eigenvalue weighted by Crippen LogP contribution is 2.15. The molecule has 0 fully saturated rings. The molecule has 2 N–H and O–H groups in total. The second kappa shape index (κ2) is 7.06. The maximum absolute atomic E-state index is 12.1. The van der Waals surface area contributed by atoms with Crippen molar-refractivity contribution in [2.24, 2.45) is 0 Å². The van der Waals surface area contributed by atoms with E-state index in [9.17, 15) is 14.7 Å². The normalized spacial score (nSPS) is 13.6. The third kappa shape index (κ3) is 4.73. The molecule has 0 aliphatic rings. The van der Waals surface area contributed by atoms with Gasteiger partial charge in [0.25, 0.3) is 5.91 Å². The van der Waals surface area contributed by atoms with Crippen molar-refractivity contribution in [1.29, 1.82) is 0 Å². The number of carboxylic acid groups (broad SMARTS) is 1. The average molecular weight is 294 g/mol. The number of pyridine rings is 1. The second-order valence-corrected chi connectivity index (χ2v) is 5.39. The highest BCUT2D eigenvalue weighted by Gasteiger charge is 2.34. The molecule has 6 heteroatoms. The van der Waals surface area contributed by atoms with Gasteiger partial charge in [0.1, 0.15) is 5.54 Å². The number of nitrogens with one attached hydrogen (secondary N) is 1. The minimum atomic E-state index is -1.28. The molecular weight excluding hydrogens is 272 g/mol. The first-order valence-electron chi connectivity index (χ1n) is 6.97. The molecular formula is C15H22N2O4. The standard InChI is InChI=1S/C15H22N2O4/c1-5-8-15(4,14(19)20)17-13(18)11-6-7-12(16-9-11)21-10(2)3/h6-7,9-10H,5,8H2,1-4H3,(H,17,18)(H,19,20). The smallest absolute Gasteiger partial charge is 0.329 e. The highest BCUT2D eigenvalue weighted by molar-refractivity contribution is 5.97. The number of carbonyl (C=O) groups excluding carboxylic acids is 1. The number of nitrogens with zero attached hydrogens (tertiary/aromatic N) is 1. The maximum Gasteiger partial charge on any atom is 0.329 e. The predicted molar refractivity (Wildman–Crippen MR) is 78.4 cm³/mol. The van der Waals surface area contributed by atoms with Crippen molar-refractivity contribution in [2.45, 2.75) is 52.2 Å². The van der Waals surface area contributed by atoms with Gasteiger partial charge in [-0.25, -0.2) is 9.78 Å². The number of ether oxygens (including phenoxy) is 1. The molecule has 0 saturated heterocycles. The number of aromatic nitrogens is 1. The van der Waals surface area contributed by atoms with E-state index in [1.807, 2.05) is 20.8 Å². The van der Waals surface area contributed by atoms with Gasteiger partial charge in [-0.3, -0.25) is 4.79 Å². The lowest BCUT2D eigenvalue weighted by molar-refractivity contribution is -0.144. The quantitative estimate of drug-likeness (QED) is 0.805. The van der Waals surface area contributed by atoms with Gasteiger partial charge in [0, 0.05) is 12.3 Å². The Kier molecular flexibility index (Phi) is 5.69. The van der Waals surface area contributed by atoms with Crippen LogP contribution in [0.15, 0.2) is 18.3 Å². The van der Waals surface area contributed by atoms with Gasteiger partial charge < -0.3 is 15.2 Å². The Labute approximate surface area is 124 Å². The third-order valence-electron chi connectivity index (χ3n) is 2.97. The first kappa shape index (κ1) is 16.9. The second-order valence-electron chi connectivity index (χ2n) is 5.39. The minimum Gasteiger partial charge on any atom is -0.480 e. The molecule has 0 saturated carbocycles. The molecule has 1 amide bonds. The zero-order chi connectivity index (χ0) is 16.0. The van der Waals surface area contributed by atoms with Crippen LogP contribution in [0.4, 0.5) is 0 Å². The fourth-order valence-corrected chi connectivity index (χ4v) is 1.87. The van der Waals surface area contributed by atoms with Crippen LogP contribution in [0.1, 0.15) is 50.9 Å². The van der Waals surface area contributed by atoms with E-state index in [1.165, 1.54) is 13.1 Å². The predicted octanol–water partition coefficient (Wildman–Crippen LogP) is 2.24. The number of hydrogen-bond donors (Lipinski definition) is 2. The lowest BCUT2D eigenvalue weighted by atomic mass is 9.96. The SMILES string of the molecule is CCCC(C)(NC(=O)c1ccc(OC(C)C)nc1)C(=O)O. The van der Waals surface area contributed by atoms with Crippen molar-refractivity contribution < 1.29 is 19.4 Å². The van der Waals surface area contributed by atoms with Crippen LogP contribution in [0.2, 0.25) is 0 Å². The van der Waals surface area contributed by atoms with Crippen LogP contribution in [-0.4, -0.2) is 33.6 Å². The Hall–Kier alpha value is -2.11. The Morgan fingerprint density at radius 3 is 2.52 bits per heavy atom. The molecule has 21 heavy (non-hydrogen) atoms. The fraction of sp³-hybridized carbons (Fsp3) is 0.533. The molecule has 0 aromatic carbocycles. The molecule has 1 aromatic heterocycles. The fourth-order valence-electron chi connectivity index (χ4n) is 1.87. The minimum absolute atomic E-state index is 0.00275. The molecule has 1 rings (SSSR count). The van der Waals surface area contributed by atoms with Crippen molar-refractivity contribution in [3.8, 4) is 5.88 Å². The maximum atomic E-state index is 12.1. The van der Waals surface area contributed by atoms with Crippen LogP contribution >= 0.6 is 0 Å². The van der Waals surface area contributed by atoms with Crippen molar-refractivity contribution in [2.75, 3.05) is 0 Å². The largest absolute Gasteiger partial charge is 0.480 e. The zero-order valence-electron chi connectivity index (χ0n) is 12.8. The van der Waals surface area contributed by atoms with Gasteiger partial charge in [-0.1, -0.05) is 13.3 Å². The van der Waals surface area contributed by atoms with Gasteiger partial charge in [0.2, 0.25) is 5.88 Å². The summed E-state index contributed by atoms with van der Waals surface area (Å²) in [6.45, 7) is 7.13. The lowest BCUT2D eigenvalue weighted by Gasteiger charge is -2.25. The molecule has 1 unspecified atom stereocenters. The van der Waals surface area contributed by atoms with E-state index in [4.69, 9.17) is 4.74 Å². The topological polar surface area (TPSA) is 88.5 Å². The number of carbonyl (C=O) groups is 2. The molecule has 1 atom stereocenters. The summed E-state index contributed by atoms with van der Waals surface area (Å²) >= 11 is 0. The van der Waals surface area contributed by atoms with Crippen LogP contribution in [0.25, 0.3) is 0 Å². The van der Waals surface area contributed by atoms with Gasteiger partial charge in [-0.05, 0) is 33.3 Å². The average Bonchev–Trinajstić information content (AvgIpc) is 2.38. The Bertz CT molecular complexity index is 499. The highest BCUT2D eigenvalue weighted by atomic mass is 16.5. The lowest BCUT2D eigenvalue weighted by Crippen LogP contribution is -2.52. The number of amides is 1. The van der Waals surface area contributed by atoms with E-state index in [2.05, 4.69) is 10.3 Å². The Morgan fingerprint density at radius 1 is 1.43 bits per heavy atom. The summed E-state index contributed by atoms with van der Waals surface area (Å²) in [5.41, 5.74) is -0.978. The van der Waals surface area contributed by atoms with Crippen LogP contribution in [0, 0.1) is 0 Å². The number of rotatable bonds is 7. The molecule has 116 valence electrons. The molecule has 0 bridgehead atoms. The molecule has 0 aliphatic heterocycles. The van der Waals surface area contributed by atoms with Gasteiger partial charge in [0.05, 0.1) is 11.7 Å². The van der Waals surface area contributed by atoms with E-state index >= 15 is 0 Å². The summed E-state index contributed by atoms with van der Waals surface area (Å²) in [6.07, 6.45) is 2.39. The molecule has 1 aromatic rings. The molecule has 6 nitrogen and oxygen atoms in total.